The van der Waals surface area contributed by atoms with Crippen LogP contribution in [0.5, 0.6) is 0 Å². The molecule has 1 aromatic rings. The highest BCUT2D eigenvalue weighted by Gasteiger charge is 2.11. The highest BCUT2D eigenvalue weighted by Crippen LogP contribution is 2.15. The number of rotatable bonds is 5. The van der Waals surface area contributed by atoms with Gasteiger partial charge in [-0.1, -0.05) is 6.92 Å². The minimum absolute atomic E-state index is 0.0673. The molecule has 14 heavy (non-hydrogen) atoms. The number of thiazole rings is 1. The van der Waals surface area contributed by atoms with Gasteiger partial charge in [-0.05, 0) is 7.05 Å². The van der Waals surface area contributed by atoms with Crippen LogP contribution in [0.1, 0.15) is 16.8 Å². The number of nitrogens with zero attached hydrogens (tertiary/aromatic N) is 1. The van der Waals surface area contributed by atoms with Gasteiger partial charge in [-0.25, -0.2) is 13.4 Å². The second-order valence-corrected chi connectivity index (χ2v) is 6.48. The Morgan fingerprint density at radius 3 is 2.86 bits per heavy atom. The van der Waals surface area contributed by atoms with Crippen molar-refractivity contribution in [3.05, 3.63) is 16.1 Å². The number of hydrogen-bond acceptors (Lipinski definition) is 5. The first-order valence-corrected chi connectivity index (χ1v) is 7.00. The zero-order valence-corrected chi connectivity index (χ0v) is 9.91. The fraction of sp³-hybridized carbons (Fsp3) is 0.625. The Morgan fingerprint density at radius 1 is 1.57 bits per heavy atom. The van der Waals surface area contributed by atoms with E-state index < -0.39 is 9.84 Å². The third-order valence-electron chi connectivity index (χ3n) is 1.74. The molecule has 0 radical (unpaired) electrons. The number of sulfone groups is 1. The summed E-state index contributed by atoms with van der Waals surface area (Å²) in [7, 11) is -1.10. The third kappa shape index (κ3) is 3.36. The van der Waals surface area contributed by atoms with E-state index in [2.05, 4.69) is 10.3 Å². The van der Waals surface area contributed by atoms with Crippen molar-refractivity contribution in [2.24, 2.45) is 0 Å². The Bertz CT molecular complexity index is 384. The summed E-state index contributed by atoms with van der Waals surface area (Å²) in [5.74, 6) is 0.242. The third-order valence-corrected chi connectivity index (χ3v) is 4.51. The lowest BCUT2D eigenvalue weighted by atomic mass is 10.5. The largest absolute Gasteiger partial charge is 0.315 e. The molecule has 1 heterocycles. The normalized spacial score (nSPS) is 11.9. The molecule has 1 rings (SSSR count). The van der Waals surface area contributed by atoms with E-state index >= 15 is 0 Å². The molecule has 0 atom stereocenters. The average Bonchev–Trinajstić information content (AvgIpc) is 2.53. The summed E-state index contributed by atoms with van der Waals surface area (Å²) in [6.07, 6.45) is 1.72. The van der Waals surface area contributed by atoms with Crippen molar-refractivity contribution in [2.45, 2.75) is 19.2 Å². The monoisotopic (exact) mass is 234 g/mol. The van der Waals surface area contributed by atoms with Crippen molar-refractivity contribution in [1.82, 2.24) is 10.3 Å². The molecule has 0 aromatic carbocycles. The van der Waals surface area contributed by atoms with E-state index in [1.165, 1.54) is 11.3 Å². The lowest BCUT2D eigenvalue weighted by Crippen LogP contribution is -2.06. The quantitative estimate of drug-likeness (QED) is 0.818. The van der Waals surface area contributed by atoms with Crippen LogP contribution < -0.4 is 5.32 Å². The summed E-state index contributed by atoms with van der Waals surface area (Å²) >= 11 is 1.45. The van der Waals surface area contributed by atoms with Crippen molar-refractivity contribution >= 4 is 21.2 Å². The molecule has 0 aliphatic rings. The molecule has 0 aliphatic heterocycles. The molecule has 80 valence electrons. The SMILES string of the molecule is CCS(=O)(=O)Cc1ncc(CNC)s1. The van der Waals surface area contributed by atoms with E-state index in [0.717, 1.165) is 11.4 Å². The summed E-state index contributed by atoms with van der Waals surface area (Å²) < 4.78 is 22.6. The van der Waals surface area contributed by atoms with E-state index in [1.807, 2.05) is 7.05 Å². The maximum Gasteiger partial charge on any atom is 0.156 e. The molecule has 1 aromatic heterocycles. The highest BCUT2D eigenvalue weighted by molar-refractivity contribution is 7.90. The highest BCUT2D eigenvalue weighted by atomic mass is 32.2. The molecule has 0 saturated carbocycles. The summed E-state index contributed by atoms with van der Waals surface area (Å²) in [4.78, 5) is 5.13. The van der Waals surface area contributed by atoms with Gasteiger partial charge in [0, 0.05) is 23.4 Å². The Labute approximate surface area is 88.3 Å². The molecular formula is C8H14N2O2S2. The van der Waals surface area contributed by atoms with Crippen molar-refractivity contribution in [3.8, 4) is 0 Å². The zero-order chi connectivity index (χ0) is 10.6. The smallest absolute Gasteiger partial charge is 0.156 e. The van der Waals surface area contributed by atoms with Crippen molar-refractivity contribution in [1.29, 1.82) is 0 Å². The van der Waals surface area contributed by atoms with Crippen LogP contribution in [0.15, 0.2) is 6.20 Å². The summed E-state index contributed by atoms with van der Waals surface area (Å²) in [5, 5.41) is 3.67. The summed E-state index contributed by atoms with van der Waals surface area (Å²) in [6.45, 7) is 2.39. The Balaban J connectivity index is 2.69. The molecule has 0 amide bonds. The Hall–Kier alpha value is -0.460. The van der Waals surface area contributed by atoms with E-state index in [1.54, 1.807) is 13.1 Å². The van der Waals surface area contributed by atoms with Crippen molar-refractivity contribution < 1.29 is 8.42 Å². The van der Waals surface area contributed by atoms with Crippen LogP contribution in [0, 0.1) is 0 Å². The van der Waals surface area contributed by atoms with Gasteiger partial charge in [-0.15, -0.1) is 11.3 Å². The molecule has 0 bridgehead atoms. The first-order valence-electron chi connectivity index (χ1n) is 4.36. The molecule has 0 saturated heterocycles. The maximum absolute atomic E-state index is 11.3. The van der Waals surface area contributed by atoms with Gasteiger partial charge >= 0.3 is 0 Å². The van der Waals surface area contributed by atoms with Gasteiger partial charge in [0.1, 0.15) is 10.8 Å². The number of aromatic nitrogens is 1. The Kier molecular flexibility index (Phi) is 4.03. The standard InChI is InChI=1S/C8H14N2O2S2/c1-3-14(11,12)6-8-10-5-7(13-8)4-9-2/h5,9H,3-4,6H2,1-2H3. The van der Waals surface area contributed by atoms with Crippen molar-refractivity contribution in [3.63, 3.8) is 0 Å². The van der Waals surface area contributed by atoms with Gasteiger partial charge in [-0.3, -0.25) is 0 Å². The second-order valence-electron chi connectivity index (χ2n) is 2.93. The van der Waals surface area contributed by atoms with Crippen LogP contribution in [0.4, 0.5) is 0 Å². The summed E-state index contributed by atoms with van der Waals surface area (Å²) in [5.41, 5.74) is 0. The van der Waals surface area contributed by atoms with Gasteiger partial charge in [0.2, 0.25) is 0 Å². The van der Waals surface area contributed by atoms with Crippen LogP contribution in [0.25, 0.3) is 0 Å². The van der Waals surface area contributed by atoms with Crippen LogP contribution in [0.3, 0.4) is 0 Å². The predicted octanol–water partition coefficient (Wildman–Crippen LogP) is 0.797. The average molecular weight is 234 g/mol. The lowest BCUT2D eigenvalue weighted by Gasteiger charge is -1.95. The Morgan fingerprint density at radius 2 is 2.29 bits per heavy atom. The molecule has 0 aliphatic carbocycles. The molecule has 0 unspecified atom stereocenters. The fourth-order valence-electron chi connectivity index (χ4n) is 0.961. The summed E-state index contributed by atoms with van der Waals surface area (Å²) in [6, 6.07) is 0. The number of nitrogens with one attached hydrogen (secondary N) is 1. The van der Waals surface area contributed by atoms with E-state index in [0.29, 0.717) is 5.01 Å². The fourth-order valence-corrected chi connectivity index (χ4v) is 3.12. The molecular weight excluding hydrogens is 220 g/mol. The van der Waals surface area contributed by atoms with Crippen LogP contribution in [-0.4, -0.2) is 26.2 Å². The van der Waals surface area contributed by atoms with Crippen LogP contribution in [-0.2, 0) is 22.1 Å². The minimum Gasteiger partial charge on any atom is -0.315 e. The minimum atomic E-state index is -2.95. The van der Waals surface area contributed by atoms with Crippen molar-refractivity contribution in [2.75, 3.05) is 12.8 Å². The van der Waals surface area contributed by atoms with E-state index in [9.17, 15) is 8.42 Å². The van der Waals surface area contributed by atoms with E-state index in [4.69, 9.17) is 0 Å². The van der Waals surface area contributed by atoms with Gasteiger partial charge in [0.05, 0.1) is 0 Å². The van der Waals surface area contributed by atoms with Gasteiger partial charge in [0.15, 0.2) is 9.84 Å². The maximum atomic E-state index is 11.3. The lowest BCUT2D eigenvalue weighted by molar-refractivity contribution is 0.596. The molecule has 1 N–H and O–H groups in total. The number of hydrogen-bond donors (Lipinski definition) is 1. The molecule has 6 heteroatoms. The zero-order valence-electron chi connectivity index (χ0n) is 8.28. The molecule has 0 fully saturated rings. The first kappa shape index (κ1) is 11.6. The second kappa shape index (κ2) is 4.86. The molecule has 4 nitrogen and oxygen atoms in total. The van der Waals surface area contributed by atoms with Crippen LogP contribution in [0.2, 0.25) is 0 Å². The van der Waals surface area contributed by atoms with E-state index in [-0.39, 0.29) is 11.5 Å². The predicted molar refractivity (Wildman–Crippen MR) is 58.0 cm³/mol. The van der Waals surface area contributed by atoms with Gasteiger partial charge in [-0.2, -0.15) is 0 Å². The van der Waals surface area contributed by atoms with Gasteiger partial charge < -0.3 is 5.32 Å². The molecule has 0 spiro atoms. The first-order chi connectivity index (χ1) is 6.57. The van der Waals surface area contributed by atoms with Crippen LogP contribution >= 0.6 is 11.3 Å². The topological polar surface area (TPSA) is 59.1 Å². The van der Waals surface area contributed by atoms with Gasteiger partial charge in [0.25, 0.3) is 0 Å².